The van der Waals surface area contributed by atoms with Gasteiger partial charge in [-0.15, -0.1) is 0 Å². The molecule has 0 saturated carbocycles. The van der Waals surface area contributed by atoms with Crippen molar-refractivity contribution in [1.82, 2.24) is 0 Å². The van der Waals surface area contributed by atoms with Gasteiger partial charge >= 0.3 is 5.97 Å². The van der Waals surface area contributed by atoms with Crippen LogP contribution in [0.5, 0.6) is 0 Å². The smallest absolute Gasteiger partial charge is 0.350 e. The molecule has 0 amide bonds. The Labute approximate surface area is 104 Å². The molecule has 88 valence electrons. The van der Waals surface area contributed by atoms with Gasteiger partial charge in [0.1, 0.15) is 6.07 Å². The number of nitriles is 1. The van der Waals surface area contributed by atoms with E-state index in [0.29, 0.717) is 5.02 Å². The van der Waals surface area contributed by atoms with Crippen molar-refractivity contribution in [2.45, 2.75) is 6.92 Å². The molecule has 5 heteroatoms. The molecule has 0 spiro atoms. The second-order valence-corrected chi connectivity index (χ2v) is 3.48. The summed E-state index contributed by atoms with van der Waals surface area (Å²) >= 11 is 5.72. The molecule has 0 aliphatic rings. The quantitative estimate of drug-likeness (QED) is 0.507. The van der Waals surface area contributed by atoms with Gasteiger partial charge in [-0.1, -0.05) is 11.6 Å². The molecule has 1 N–H and O–H groups in total. The van der Waals surface area contributed by atoms with Gasteiger partial charge in [0, 0.05) is 16.9 Å². The molecule has 1 rings (SSSR count). The molecule has 0 aromatic heterocycles. The largest absolute Gasteiger partial charge is 0.462 e. The third-order valence-corrected chi connectivity index (χ3v) is 2.10. The first kappa shape index (κ1) is 13.1. The highest BCUT2D eigenvalue weighted by Gasteiger charge is 2.08. The number of halogens is 1. The van der Waals surface area contributed by atoms with Gasteiger partial charge in [0.2, 0.25) is 0 Å². The molecule has 4 nitrogen and oxygen atoms in total. The van der Waals surface area contributed by atoms with Gasteiger partial charge in [0.15, 0.2) is 5.57 Å². The predicted octanol–water partition coefficient (Wildman–Crippen LogP) is 2.72. The molecule has 0 aliphatic carbocycles. The Hall–Kier alpha value is -1.99. The molecule has 1 aromatic carbocycles. The van der Waals surface area contributed by atoms with Gasteiger partial charge in [-0.25, -0.2) is 4.79 Å². The number of benzene rings is 1. The fourth-order valence-electron chi connectivity index (χ4n) is 1.05. The Morgan fingerprint density at radius 2 is 2.18 bits per heavy atom. The van der Waals surface area contributed by atoms with E-state index in [0.717, 1.165) is 5.69 Å². The lowest BCUT2D eigenvalue weighted by atomic mass is 10.3. The van der Waals surface area contributed by atoms with Crippen LogP contribution in [0.1, 0.15) is 6.92 Å². The summed E-state index contributed by atoms with van der Waals surface area (Å²) in [5.41, 5.74) is 0.647. The number of nitrogens with zero attached hydrogens (tertiary/aromatic N) is 1. The van der Waals surface area contributed by atoms with Crippen LogP contribution in [-0.2, 0) is 9.53 Å². The Balaban J connectivity index is 2.71. The minimum Gasteiger partial charge on any atom is -0.462 e. The summed E-state index contributed by atoms with van der Waals surface area (Å²) in [6.45, 7) is 1.91. The standard InChI is InChI=1S/C12H11ClN2O2/c1-2-17-12(16)9(7-14)8-15-11-5-3-10(13)4-6-11/h3-6,8,15H,2H2,1H3/b9-8+. The number of ether oxygens (including phenoxy) is 1. The van der Waals surface area contributed by atoms with Crippen LogP contribution in [0.2, 0.25) is 5.02 Å². The lowest BCUT2D eigenvalue weighted by molar-refractivity contribution is -0.138. The number of carbonyl (C=O) groups excluding carboxylic acids is 1. The molecule has 0 unspecified atom stereocenters. The molecular formula is C12H11ClN2O2. The molecule has 1 aromatic rings. The van der Waals surface area contributed by atoms with Crippen molar-refractivity contribution in [3.8, 4) is 6.07 Å². The van der Waals surface area contributed by atoms with Gasteiger partial charge in [-0.05, 0) is 31.2 Å². The first-order chi connectivity index (χ1) is 8.17. The number of rotatable bonds is 4. The van der Waals surface area contributed by atoms with Crippen LogP contribution >= 0.6 is 11.6 Å². The number of anilines is 1. The average Bonchev–Trinajstić information content (AvgIpc) is 2.32. The van der Waals surface area contributed by atoms with Crippen LogP contribution < -0.4 is 5.32 Å². The highest BCUT2D eigenvalue weighted by molar-refractivity contribution is 6.30. The highest BCUT2D eigenvalue weighted by Crippen LogP contribution is 2.13. The fourth-order valence-corrected chi connectivity index (χ4v) is 1.17. The molecule has 17 heavy (non-hydrogen) atoms. The Bertz CT molecular complexity index is 460. The second-order valence-electron chi connectivity index (χ2n) is 3.04. The molecule has 0 radical (unpaired) electrons. The van der Waals surface area contributed by atoms with Gasteiger partial charge in [0.05, 0.1) is 6.61 Å². The normalized spacial score (nSPS) is 10.5. The van der Waals surface area contributed by atoms with E-state index >= 15 is 0 Å². The minimum absolute atomic E-state index is 0.0817. The van der Waals surface area contributed by atoms with Gasteiger partial charge in [-0.3, -0.25) is 0 Å². The number of esters is 1. The van der Waals surface area contributed by atoms with E-state index in [1.165, 1.54) is 6.20 Å². The number of carbonyl (C=O) groups is 1. The maximum Gasteiger partial charge on any atom is 0.350 e. The molecular weight excluding hydrogens is 240 g/mol. The number of nitrogens with one attached hydrogen (secondary N) is 1. The van der Waals surface area contributed by atoms with Crippen molar-refractivity contribution in [1.29, 1.82) is 5.26 Å². The maximum atomic E-state index is 11.3. The summed E-state index contributed by atoms with van der Waals surface area (Å²) in [7, 11) is 0. The van der Waals surface area contributed by atoms with Crippen LogP contribution in [0.3, 0.4) is 0 Å². The third-order valence-electron chi connectivity index (χ3n) is 1.84. The van der Waals surface area contributed by atoms with E-state index in [1.807, 2.05) is 0 Å². The SMILES string of the molecule is CCOC(=O)/C(C#N)=C/Nc1ccc(Cl)cc1. The van der Waals surface area contributed by atoms with Gasteiger partial charge in [-0.2, -0.15) is 5.26 Å². The Morgan fingerprint density at radius 1 is 1.53 bits per heavy atom. The van der Waals surface area contributed by atoms with Crippen molar-refractivity contribution in [3.63, 3.8) is 0 Å². The van der Waals surface area contributed by atoms with Crippen LogP contribution in [0.15, 0.2) is 36.0 Å². The topological polar surface area (TPSA) is 62.1 Å². The van der Waals surface area contributed by atoms with E-state index in [2.05, 4.69) is 5.32 Å². The summed E-state index contributed by atoms with van der Waals surface area (Å²) in [5, 5.41) is 12.2. The minimum atomic E-state index is -0.642. The summed E-state index contributed by atoms with van der Waals surface area (Å²) < 4.78 is 4.71. The van der Waals surface area contributed by atoms with Crippen molar-refractivity contribution in [3.05, 3.63) is 41.1 Å². The molecule has 0 heterocycles. The summed E-state index contributed by atoms with van der Waals surface area (Å²) in [5.74, 6) is -0.642. The first-order valence-electron chi connectivity index (χ1n) is 4.97. The summed E-state index contributed by atoms with van der Waals surface area (Å²) in [4.78, 5) is 11.3. The Kier molecular flexibility index (Phi) is 5.05. The van der Waals surface area contributed by atoms with E-state index in [1.54, 1.807) is 37.3 Å². The van der Waals surface area contributed by atoms with Crippen LogP contribution in [-0.4, -0.2) is 12.6 Å². The van der Waals surface area contributed by atoms with Crippen LogP contribution in [0, 0.1) is 11.3 Å². The van der Waals surface area contributed by atoms with Crippen molar-refractivity contribution in [2.24, 2.45) is 0 Å². The number of hydrogen-bond donors (Lipinski definition) is 1. The zero-order chi connectivity index (χ0) is 12.7. The van der Waals surface area contributed by atoms with Gasteiger partial charge in [0.25, 0.3) is 0 Å². The van der Waals surface area contributed by atoms with Crippen molar-refractivity contribution < 1.29 is 9.53 Å². The van der Waals surface area contributed by atoms with E-state index in [4.69, 9.17) is 21.6 Å². The van der Waals surface area contributed by atoms with E-state index in [9.17, 15) is 4.79 Å². The zero-order valence-electron chi connectivity index (χ0n) is 9.24. The van der Waals surface area contributed by atoms with Crippen molar-refractivity contribution >= 4 is 23.3 Å². The average molecular weight is 251 g/mol. The third kappa shape index (κ3) is 4.17. The zero-order valence-corrected chi connectivity index (χ0v) is 9.99. The van der Waals surface area contributed by atoms with Crippen molar-refractivity contribution in [2.75, 3.05) is 11.9 Å². The van der Waals surface area contributed by atoms with Gasteiger partial charge < -0.3 is 10.1 Å². The first-order valence-corrected chi connectivity index (χ1v) is 5.34. The van der Waals surface area contributed by atoms with E-state index < -0.39 is 5.97 Å². The summed E-state index contributed by atoms with van der Waals surface area (Å²) in [6, 6.07) is 8.64. The van der Waals surface area contributed by atoms with Crippen LogP contribution in [0.25, 0.3) is 0 Å². The maximum absolute atomic E-state index is 11.3. The second kappa shape index (κ2) is 6.56. The number of hydrogen-bond acceptors (Lipinski definition) is 4. The predicted molar refractivity (Wildman–Crippen MR) is 65.4 cm³/mol. The monoisotopic (exact) mass is 250 g/mol. The molecule has 0 aliphatic heterocycles. The molecule has 0 atom stereocenters. The van der Waals surface area contributed by atoms with Crippen LogP contribution in [0.4, 0.5) is 5.69 Å². The molecule has 0 fully saturated rings. The summed E-state index contributed by atoms with van der Waals surface area (Å²) in [6.07, 6.45) is 1.31. The molecule has 0 saturated heterocycles. The Morgan fingerprint density at radius 3 is 2.71 bits per heavy atom. The fraction of sp³-hybridized carbons (Fsp3) is 0.167. The lowest BCUT2D eigenvalue weighted by Gasteiger charge is -2.02. The lowest BCUT2D eigenvalue weighted by Crippen LogP contribution is -2.07. The highest BCUT2D eigenvalue weighted by atomic mass is 35.5. The van der Waals surface area contributed by atoms with E-state index in [-0.39, 0.29) is 12.2 Å². The molecule has 0 bridgehead atoms.